The Balaban J connectivity index is 1.90. The van der Waals surface area contributed by atoms with E-state index < -0.39 is 12.0 Å². The van der Waals surface area contributed by atoms with Crippen LogP contribution in [0.1, 0.15) is 44.9 Å². The van der Waals surface area contributed by atoms with Crippen molar-refractivity contribution in [3.05, 3.63) is 89.6 Å². The summed E-state index contributed by atoms with van der Waals surface area (Å²) in [5.41, 5.74) is 3.20. The number of fused-ring (bicyclic) bond motifs is 1. The van der Waals surface area contributed by atoms with Gasteiger partial charge in [-0.25, -0.2) is 9.79 Å². The molecular weight excluding hydrogens is 510 g/mol. The molecule has 0 amide bonds. The van der Waals surface area contributed by atoms with Crippen LogP contribution >= 0.6 is 22.9 Å². The van der Waals surface area contributed by atoms with E-state index in [1.807, 2.05) is 36.4 Å². The predicted molar refractivity (Wildman–Crippen MR) is 148 cm³/mol. The van der Waals surface area contributed by atoms with Crippen molar-refractivity contribution >= 4 is 40.7 Å². The lowest BCUT2D eigenvalue weighted by molar-refractivity contribution is -0.139. The van der Waals surface area contributed by atoms with Crippen LogP contribution in [-0.4, -0.2) is 37.3 Å². The van der Waals surface area contributed by atoms with Crippen LogP contribution in [0.5, 0.6) is 5.75 Å². The zero-order chi connectivity index (χ0) is 26.7. The Morgan fingerprint density at radius 1 is 1.16 bits per heavy atom. The molecule has 7 nitrogen and oxygen atoms in total. The molecule has 1 aliphatic heterocycles. The number of hydrogen-bond donors (Lipinski definition) is 0. The first-order chi connectivity index (χ1) is 17.8. The fourth-order valence-corrected chi connectivity index (χ4v) is 5.66. The third kappa shape index (κ3) is 5.22. The van der Waals surface area contributed by atoms with Gasteiger partial charge in [-0.1, -0.05) is 35.1 Å². The van der Waals surface area contributed by atoms with Crippen LogP contribution < -0.4 is 24.5 Å². The molecule has 0 saturated carbocycles. The normalized spacial score (nSPS) is 15.3. The molecule has 2 aromatic carbocycles. The number of halogens is 1. The fourth-order valence-electron chi connectivity index (χ4n) is 4.50. The molecule has 2 heterocycles. The largest absolute Gasteiger partial charge is 0.496 e. The number of methoxy groups -OCH3 is 1. The van der Waals surface area contributed by atoms with E-state index in [4.69, 9.17) is 21.1 Å². The minimum Gasteiger partial charge on any atom is -0.496 e. The van der Waals surface area contributed by atoms with Crippen LogP contribution in [0.25, 0.3) is 6.08 Å². The van der Waals surface area contributed by atoms with Gasteiger partial charge in [-0.15, -0.1) is 0 Å². The Bertz CT molecular complexity index is 1520. The number of hydrogen-bond acceptors (Lipinski definition) is 7. The van der Waals surface area contributed by atoms with Gasteiger partial charge < -0.3 is 14.4 Å². The van der Waals surface area contributed by atoms with Gasteiger partial charge in [0.2, 0.25) is 0 Å². The summed E-state index contributed by atoms with van der Waals surface area (Å²) >= 11 is 7.40. The Kier molecular flexibility index (Phi) is 8.19. The zero-order valence-electron chi connectivity index (χ0n) is 21.6. The topological polar surface area (TPSA) is 73.1 Å². The number of aromatic nitrogens is 1. The van der Waals surface area contributed by atoms with E-state index in [2.05, 4.69) is 23.7 Å². The lowest BCUT2D eigenvalue weighted by Crippen LogP contribution is -2.39. The summed E-state index contributed by atoms with van der Waals surface area (Å²) in [5, 5.41) is 0.565. The molecule has 1 aromatic heterocycles. The van der Waals surface area contributed by atoms with Gasteiger partial charge in [-0.3, -0.25) is 9.36 Å². The van der Waals surface area contributed by atoms with E-state index in [0.717, 1.165) is 29.9 Å². The number of allylic oxidation sites excluding steroid dienone is 1. The van der Waals surface area contributed by atoms with Crippen LogP contribution in [0.4, 0.5) is 5.69 Å². The molecule has 3 aromatic rings. The smallest absolute Gasteiger partial charge is 0.338 e. The molecule has 0 radical (unpaired) electrons. The van der Waals surface area contributed by atoms with Crippen LogP contribution in [-0.2, 0) is 9.53 Å². The van der Waals surface area contributed by atoms with Gasteiger partial charge in [0.1, 0.15) is 5.75 Å². The molecule has 0 fully saturated rings. The molecule has 0 spiro atoms. The number of carbonyl (C=O) groups is 1. The second-order valence-corrected chi connectivity index (χ2v) is 9.90. The van der Waals surface area contributed by atoms with Gasteiger partial charge in [0.25, 0.3) is 5.56 Å². The first kappa shape index (κ1) is 26.7. The molecule has 9 heteroatoms. The maximum absolute atomic E-state index is 13.8. The van der Waals surface area contributed by atoms with E-state index >= 15 is 0 Å². The van der Waals surface area contributed by atoms with Gasteiger partial charge in [0, 0.05) is 35.4 Å². The molecule has 1 atom stereocenters. The Labute approximate surface area is 224 Å². The SMILES string of the molecule is CCOC(=O)C1=C(C)N=c2s/c(=C\c3ccc(N(CC)CC)cc3OC)c(=O)n2[C@@H]1c1ccc(Cl)cc1. The van der Waals surface area contributed by atoms with Gasteiger partial charge in [0.15, 0.2) is 4.80 Å². The van der Waals surface area contributed by atoms with Crippen LogP contribution in [0.3, 0.4) is 0 Å². The van der Waals surface area contributed by atoms with Crippen LogP contribution in [0.2, 0.25) is 5.02 Å². The minimum atomic E-state index is -0.679. The van der Waals surface area contributed by atoms with Crippen molar-refractivity contribution in [3.63, 3.8) is 0 Å². The Hall–Kier alpha value is -3.36. The number of anilines is 1. The van der Waals surface area contributed by atoms with E-state index in [1.165, 1.54) is 11.3 Å². The maximum atomic E-state index is 13.8. The van der Waals surface area contributed by atoms with Crippen molar-refractivity contribution in [2.24, 2.45) is 4.99 Å². The summed E-state index contributed by atoms with van der Waals surface area (Å²) in [6.07, 6.45) is 1.82. The zero-order valence-corrected chi connectivity index (χ0v) is 23.2. The standard InChI is InChI=1S/C28H30ClN3O4S/c1-6-31(7-2)21-14-11-19(22(16-21)35-5)15-23-26(33)32-25(18-9-12-20(29)13-10-18)24(27(34)36-8-3)17(4)30-28(32)37-23/h9-16,25H,6-8H2,1-5H3/b23-15-/t25-/m1/s1. The Morgan fingerprint density at radius 2 is 1.86 bits per heavy atom. The van der Waals surface area contributed by atoms with Crippen molar-refractivity contribution in [1.82, 2.24) is 4.57 Å². The minimum absolute atomic E-state index is 0.219. The summed E-state index contributed by atoms with van der Waals surface area (Å²) in [6.45, 7) is 9.70. The van der Waals surface area contributed by atoms with E-state index in [0.29, 0.717) is 31.4 Å². The first-order valence-electron chi connectivity index (χ1n) is 12.2. The Morgan fingerprint density at radius 3 is 2.49 bits per heavy atom. The average Bonchev–Trinajstić information content (AvgIpc) is 3.19. The quantitative estimate of drug-likeness (QED) is 0.399. The molecule has 0 unspecified atom stereocenters. The summed E-state index contributed by atoms with van der Waals surface area (Å²) in [5.74, 6) is 0.180. The van der Waals surface area contributed by atoms with Crippen LogP contribution in [0, 0.1) is 0 Å². The highest BCUT2D eigenvalue weighted by Crippen LogP contribution is 2.31. The van der Waals surface area contributed by atoms with Crippen molar-refractivity contribution in [1.29, 1.82) is 0 Å². The van der Waals surface area contributed by atoms with Crippen molar-refractivity contribution in [2.75, 3.05) is 31.7 Å². The summed E-state index contributed by atoms with van der Waals surface area (Å²) in [4.78, 5) is 34.2. The fraction of sp³-hybridized carbons (Fsp3) is 0.321. The first-order valence-corrected chi connectivity index (χ1v) is 13.4. The van der Waals surface area contributed by atoms with E-state index in [1.54, 1.807) is 37.7 Å². The van der Waals surface area contributed by atoms with E-state index in [9.17, 15) is 9.59 Å². The molecule has 37 heavy (non-hydrogen) atoms. The highest BCUT2D eigenvalue weighted by atomic mass is 35.5. The van der Waals surface area contributed by atoms with Gasteiger partial charge in [0.05, 0.1) is 35.6 Å². The van der Waals surface area contributed by atoms with Crippen molar-refractivity contribution in [2.45, 2.75) is 33.7 Å². The second-order valence-electron chi connectivity index (χ2n) is 8.45. The lowest BCUT2D eigenvalue weighted by atomic mass is 9.96. The maximum Gasteiger partial charge on any atom is 0.338 e. The lowest BCUT2D eigenvalue weighted by Gasteiger charge is -2.24. The second kappa shape index (κ2) is 11.4. The molecule has 194 valence electrons. The number of benzene rings is 2. The van der Waals surface area contributed by atoms with Crippen molar-refractivity contribution < 1.29 is 14.3 Å². The summed E-state index contributed by atoms with van der Waals surface area (Å²) in [7, 11) is 1.62. The van der Waals surface area contributed by atoms with Gasteiger partial charge >= 0.3 is 5.97 Å². The van der Waals surface area contributed by atoms with Crippen LogP contribution in [0.15, 0.2) is 63.5 Å². The summed E-state index contributed by atoms with van der Waals surface area (Å²) < 4.78 is 13.1. The van der Waals surface area contributed by atoms with Gasteiger partial charge in [-0.2, -0.15) is 0 Å². The third-order valence-electron chi connectivity index (χ3n) is 6.34. The highest BCUT2D eigenvalue weighted by Gasteiger charge is 2.33. The molecule has 0 N–H and O–H groups in total. The molecule has 0 saturated heterocycles. The number of thiazole rings is 1. The summed E-state index contributed by atoms with van der Waals surface area (Å²) in [6, 6.07) is 12.4. The third-order valence-corrected chi connectivity index (χ3v) is 7.57. The van der Waals surface area contributed by atoms with E-state index in [-0.39, 0.29) is 12.2 Å². The predicted octanol–water partition coefficient (Wildman–Crippen LogP) is 4.31. The number of rotatable bonds is 8. The van der Waals surface area contributed by atoms with Gasteiger partial charge in [-0.05, 0) is 63.6 Å². The highest BCUT2D eigenvalue weighted by molar-refractivity contribution is 7.07. The molecule has 1 aliphatic rings. The monoisotopic (exact) mass is 539 g/mol. The van der Waals surface area contributed by atoms with Crippen molar-refractivity contribution in [3.8, 4) is 5.75 Å². The number of esters is 1. The number of ether oxygens (including phenoxy) is 2. The molecule has 0 bridgehead atoms. The molecule has 0 aliphatic carbocycles. The number of carbonyl (C=O) groups excluding carboxylic acids is 1. The number of nitrogens with zero attached hydrogens (tertiary/aromatic N) is 3. The molecule has 4 rings (SSSR count). The average molecular weight is 540 g/mol. The molecular formula is C28H30ClN3O4S.